The molecule has 228 valence electrons. The van der Waals surface area contributed by atoms with Gasteiger partial charge >= 0.3 is 5.78 Å². The predicted molar refractivity (Wildman–Crippen MR) is 192 cm³/mol. The first-order valence-corrected chi connectivity index (χ1v) is 16.1. The van der Waals surface area contributed by atoms with Gasteiger partial charge in [0, 0.05) is 12.2 Å². The van der Waals surface area contributed by atoms with Gasteiger partial charge in [0.1, 0.15) is 0 Å². The normalized spacial score (nSPS) is 14.6. The number of ketones is 1. The van der Waals surface area contributed by atoms with Crippen LogP contribution in [-0.2, 0) is 21.7 Å². The monoisotopic (exact) mass is 583 g/mol. The van der Waals surface area contributed by atoms with Crippen LogP contribution in [-0.4, -0.2) is 10.6 Å². The first-order chi connectivity index (χ1) is 20.3. The molecule has 0 heterocycles. The lowest BCUT2D eigenvalue weighted by atomic mass is 9.85. The number of fused-ring (bicyclic) bond motifs is 2. The third-order valence-corrected chi connectivity index (χ3v) is 9.08. The number of hydrogen-bond acceptors (Lipinski definition) is 0. The van der Waals surface area contributed by atoms with Crippen LogP contribution in [0.1, 0.15) is 116 Å². The first-order valence-electron chi connectivity index (χ1n) is 16.1. The topological polar surface area (TPSA) is 21.4 Å². The van der Waals surface area contributed by atoms with Crippen molar-refractivity contribution in [1.29, 1.82) is 0 Å². The molecule has 0 bridgehead atoms. The molecule has 44 heavy (non-hydrogen) atoms. The Labute approximate surface area is 266 Å². The lowest BCUT2D eigenvalue weighted by molar-refractivity contribution is 0.590. The van der Waals surface area contributed by atoms with Crippen LogP contribution in [0.25, 0.3) is 27.8 Å². The third-order valence-electron chi connectivity index (χ3n) is 9.08. The Kier molecular flexibility index (Phi) is 7.73. The molecular weight excluding hydrogens is 532 g/mol. The zero-order valence-corrected chi connectivity index (χ0v) is 29.0. The smallest absolute Gasteiger partial charge is 0.274 e. The first kappa shape index (κ1) is 31.7. The van der Waals surface area contributed by atoms with Crippen LogP contribution in [0.3, 0.4) is 0 Å². The van der Waals surface area contributed by atoms with E-state index < -0.39 is 0 Å². The van der Waals surface area contributed by atoms with Crippen molar-refractivity contribution in [2.45, 2.75) is 105 Å². The highest BCUT2D eigenvalue weighted by Gasteiger charge is 2.31. The van der Waals surface area contributed by atoms with E-state index in [0.29, 0.717) is 0 Å². The van der Waals surface area contributed by atoms with Crippen LogP contribution in [0.4, 0.5) is 0 Å². The predicted octanol–water partition coefficient (Wildman–Crippen LogP) is 11.6. The molecule has 0 saturated carbocycles. The van der Waals surface area contributed by atoms with Crippen LogP contribution in [0.2, 0.25) is 0 Å². The number of allylic oxidation sites excluding steroid dienone is 5. The molecule has 5 rings (SSSR count). The van der Waals surface area contributed by atoms with Gasteiger partial charge in [-0.2, -0.15) is 0 Å². The van der Waals surface area contributed by atoms with Gasteiger partial charge in [0.15, 0.2) is 0 Å². The molecule has 0 fully saturated rings. The third kappa shape index (κ3) is 5.99. The van der Waals surface area contributed by atoms with Gasteiger partial charge in [0.05, 0.1) is 0 Å². The second-order valence-corrected chi connectivity index (χ2v) is 16.8. The molecule has 0 unspecified atom stereocenters. The molecule has 0 radical (unpaired) electrons. The SMILES string of the molecule is CC(C)(C)c1ccc2c(C(=C3C=CC(=[OH+])C=C3)c3cc(C(C)(C)C)c4ccc(C(C)(C)C)ccc3-4)cc(C(C)(C)C)c-2cc1. The van der Waals surface area contributed by atoms with Crippen molar-refractivity contribution in [3.8, 4) is 22.3 Å². The number of hydrogen-bond donors (Lipinski definition) is 0. The van der Waals surface area contributed by atoms with Gasteiger partial charge in [-0.05, 0) is 113 Å². The average molecular weight is 584 g/mol. The largest absolute Gasteiger partial charge is 0.340 e. The molecule has 5 aliphatic carbocycles. The van der Waals surface area contributed by atoms with E-state index in [-0.39, 0.29) is 27.4 Å². The molecule has 1 heteroatoms. The summed E-state index contributed by atoms with van der Waals surface area (Å²) in [7, 11) is 0. The zero-order valence-electron chi connectivity index (χ0n) is 29.0. The van der Waals surface area contributed by atoms with Gasteiger partial charge in [0.25, 0.3) is 0 Å². The minimum Gasteiger partial charge on any atom is -0.274 e. The maximum atomic E-state index is 10.3. The Morgan fingerprint density at radius 1 is 0.432 bits per heavy atom. The maximum Gasteiger partial charge on any atom is 0.340 e. The number of carbonyl (C=O) groups excluding carboxylic acids is 1. The van der Waals surface area contributed by atoms with Gasteiger partial charge in [-0.15, -0.1) is 0 Å². The zero-order chi connectivity index (χ0) is 32.4. The van der Waals surface area contributed by atoms with Gasteiger partial charge < -0.3 is 0 Å². The summed E-state index contributed by atoms with van der Waals surface area (Å²) < 4.78 is 0. The molecule has 0 aromatic carbocycles. The van der Waals surface area contributed by atoms with Crippen LogP contribution >= 0.6 is 0 Å². The van der Waals surface area contributed by atoms with Crippen molar-refractivity contribution in [3.63, 3.8) is 0 Å². The van der Waals surface area contributed by atoms with Gasteiger partial charge in [-0.3, -0.25) is 4.79 Å². The summed E-state index contributed by atoms with van der Waals surface area (Å²) in [6.45, 7) is 27.6. The van der Waals surface area contributed by atoms with Crippen LogP contribution in [0, 0.1) is 0 Å². The lowest BCUT2D eigenvalue weighted by Gasteiger charge is -2.19. The highest BCUT2D eigenvalue weighted by molar-refractivity contribution is 6.06. The summed E-state index contributed by atoms with van der Waals surface area (Å²) in [6, 6.07) is 23.5. The molecule has 0 atom stereocenters. The second-order valence-electron chi connectivity index (χ2n) is 16.8. The van der Waals surface area contributed by atoms with E-state index in [0.717, 1.165) is 5.57 Å². The second kappa shape index (κ2) is 10.7. The molecular formula is C43H51O+. The highest BCUT2D eigenvalue weighted by atomic mass is 16.1. The minimum absolute atomic E-state index is 0.0362. The van der Waals surface area contributed by atoms with E-state index in [1.807, 2.05) is 12.2 Å². The van der Waals surface area contributed by atoms with E-state index in [9.17, 15) is 4.79 Å². The molecule has 1 nitrogen and oxygen atoms in total. The molecule has 1 N–H and O–H groups in total. The summed E-state index contributed by atoms with van der Waals surface area (Å²) >= 11 is 0. The van der Waals surface area contributed by atoms with Crippen molar-refractivity contribution in [2.75, 3.05) is 0 Å². The molecule has 0 aromatic heterocycles. The average Bonchev–Trinajstić information content (AvgIpc) is 3.22. The highest BCUT2D eigenvalue weighted by Crippen LogP contribution is 2.49. The Morgan fingerprint density at radius 3 is 1.09 bits per heavy atom. The fraction of sp³-hybridized carbons (Fsp3) is 0.372. The van der Waals surface area contributed by atoms with Crippen LogP contribution in [0.15, 0.2) is 90.5 Å². The van der Waals surface area contributed by atoms with E-state index in [1.54, 1.807) is 0 Å². The van der Waals surface area contributed by atoms with Crippen molar-refractivity contribution < 1.29 is 4.79 Å². The Hall–Kier alpha value is -3.71. The Morgan fingerprint density at radius 2 is 0.773 bits per heavy atom. The quantitative estimate of drug-likeness (QED) is 0.209. The van der Waals surface area contributed by atoms with E-state index in [2.05, 4.69) is 156 Å². The van der Waals surface area contributed by atoms with E-state index >= 15 is 0 Å². The summed E-state index contributed by atoms with van der Waals surface area (Å²) in [5, 5.41) is 0. The van der Waals surface area contributed by atoms with Crippen molar-refractivity contribution in [3.05, 3.63) is 124 Å². The van der Waals surface area contributed by atoms with Gasteiger partial charge in [-0.1, -0.05) is 132 Å². The van der Waals surface area contributed by atoms with Gasteiger partial charge in [-0.25, -0.2) is 0 Å². The summed E-state index contributed by atoms with van der Waals surface area (Å²) in [6.07, 6.45) is 7.78. The summed E-state index contributed by atoms with van der Waals surface area (Å²) in [5.41, 5.74) is 15.3. The lowest BCUT2D eigenvalue weighted by Crippen LogP contribution is -2.10. The fourth-order valence-corrected chi connectivity index (χ4v) is 6.44. The Balaban J connectivity index is 1.93. The molecule has 0 amide bonds. The van der Waals surface area contributed by atoms with E-state index in [4.69, 9.17) is 0 Å². The summed E-state index contributed by atoms with van der Waals surface area (Å²) in [5.74, 6) is 0.279. The summed E-state index contributed by atoms with van der Waals surface area (Å²) in [4.78, 5) is 10.3. The van der Waals surface area contributed by atoms with Crippen molar-refractivity contribution >= 4 is 11.4 Å². The van der Waals surface area contributed by atoms with Crippen LogP contribution in [0.5, 0.6) is 0 Å². The number of rotatable bonds is 2. The molecule has 0 saturated heterocycles. The van der Waals surface area contributed by atoms with Crippen molar-refractivity contribution in [1.82, 2.24) is 0 Å². The molecule has 0 aromatic rings. The molecule has 5 aliphatic rings. The minimum atomic E-state index is -0.0362. The van der Waals surface area contributed by atoms with E-state index in [1.165, 1.54) is 61.2 Å². The molecule has 0 spiro atoms. The Bertz CT molecular complexity index is 1650. The molecule has 0 aliphatic heterocycles. The van der Waals surface area contributed by atoms with Crippen LogP contribution < -0.4 is 0 Å². The standard InChI is InChI=1S/C43H50O/c1-40(2,3)28-15-21-31-33(23-17-28)37(42(7,8)9)25-35(31)39(27-13-19-30(44)20-14-27)36-26-38(43(10,11)12)34-24-18-29(41(4,5)6)16-22-32(34)36/h13-26H,1-12H3/p+1. The maximum absolute atomic E-state index is 10.3. The van der Waals surface area contributed by atoms with Crippen molar-refractivity contribution in [2.24, 2.45) is 0 Å². The van der Waals surface area contributed by atoms with Gasteiger partial charge in [0.2, 0.25) is 0 Å². The fourth-order valence-electron chi connectivity index (χ4n) is 6.44.